The first-order valence-electron chi connectivity index (χ1n) is 5.31. The second-order valence-electron chi connectivity index (χ2n) is 3.93. The summed E-state index contributed by atoms with van der Waals surface area (Å²) in [6.45, 7) is 5.38. The van der Waals surface area contributed by atoms with E-state index in [1.807, 2.05) is 0 Å². The number of amides is 1. The summed E-state index contributed by atoms with van der Waals surface area (Å²) in [5, 5.41) is 3.01. The van der Waals surface area contributed by atoms with E-state index in [1.54, 1.807) is 6.92 Å². The molecule has 0 aliphatic heterocycles. The normalized spacial score (nSPS) is 24.5. The molecule has 0 aromatic heterocycles. The second-order valence-corrected chi connectivity index (χ2v) is 3.93. The van der Waals surface area contributed by atoms with Crippen LogP contribution in [-0.2, 0) is 4.79 Å². The Morgan fingerprint density at radius 3 is 2.79 bits per heavy atom. The van der Waals surface area contributed by atoms with E-state index in [9.17, 15) is 4.79 Å². The molecule has 1 atom stereocenters. The van der Waals surface area contributed by atoms with Gasteiger partial charge >= 0.3 is 0 Å². The molecule has 0 spiro atoms. The Kier molecular flexibility index (Phi) is 4.44. The SMILES string of the molecule is C=C(C)C(=O)NC1CC/C=C\CCC1. The van der Waals surface area contributed by atoms with E-state index in [2.05, 4.69) is 24.0 Å². The standard InChI is InChI=1S/C12H19NO/c1-10(2)12(14)13-11-8-6-4-3-5-7-9-11/h3-4,11H,1,5-9H2,2H3,(H,13,14)/b4-3-. The molecule has 0 saturated carbocycles. The molecule has 1 aliphatic carbocycles. The second kappa shape index (κ2) is 5.63. The molecule has 0 radical (unpaired) electrons. The first-order valence-corrected chi connectivity index (χ1v) is 5.31. The van der Waals surface area contributed by atoms with Crippen molar-refractivity contribution in [1.82, 2.24) is 5.32 Å². The van der Waals surface area contributed by atoms with Gasteiger partial charge in [0, 0.05) is 11.6 Å². The lowest BCUT2D eigenvalue weighted by atomic mass is 10.0. The van der Waals surface area contributed by atoms with E-state index in [1.165, 1.54) is 0 Å². The highest BCUT2D eigenvalue weighted by atomic mass is 16.1. The van der Waals surface area contributed by atoms with Crippen LogP contribution in [0.4, 0.5) is 0 Å². The Morgan fingerprint density at radius 1 is 1.36 bits per heavy atom. The van der Waals surface area contributed by atoms with Crippen molar-refractivity contribution in [2.75, 3.05) is 0 Å². The summed E-state index contributed by atoms with van der Waals surface area (Å²) >= 11 is 0. The van der Waals surface area contributed by atoms with Crippen LogP contribution >= 0.6 is 0 Å². The molecular weight excluding hydrogens is 174 g/mol. The fourth-order valence-corrected chi connectivity index (χ4v) is 1.61. The van der Waals surface area contributed by atoms with Gasteiger partial charge in [-0.3, -0.25) is 4.79 Å². The van der Waals surface area contributed by atoms with Gasteiger partial charge in [-0.1, -0.05) is 18.7 Å². The van der Waals surface area contributed by atoms with Crippen LogP contribution in [0.2, 0.25) is 0 Å². The average molecular weight is 193 g/mol. The highest BCUT2D eigenvalue weighted by Gasteiger charge is 2.12. The Bertz CT molecular complexity index is 243. The van der Waals surface area contributed by atoms with Gasteiger partial charge in [0.25, 0.3) is 0 Å². The molecule has 0 aromatic rings. The maximum atomic E-state index is 11.4. The molecule has 78 valence electrons. The zero-order valence-corrected chi connectivity index (χ0v) is 8.88. The number of carbonyl (C=O) groups is 1. The van der Waals surface area contributed by atoms with Crippen molar-refractivity contribution in [2.45, 2.75) is 45.1 Å². The van der Waals surface area contributed by atoms with E-state index in [4.69, 9.17) is 0 Å². The summed E-state index contributed by atoms with van der Waals surface area (Å²) in [7, 11) is 0. The molecule has 1 N–H and O–H groups in total. The third-order valence-electron chi connectivity index (χ3n) is 2.49. The minimum Gasteiger partial charge on any atom is -0.350 e. The van der Waals surface area contributed by atoms with Crippen molar-refractivity contribution in [2.24, 2.45) is 0 Å². The van der Waals surface area contributed by atoms with Gasteiger partial charge in [-0.25, -0.2) is 0 Å². The lowest BCUT2D eigenvalue weighted by molar-refractivity contribution is -0.118. The Labute approximate surface area is 86.1 Å². The summed E-state index contributed by atoms with van der Waals surface area (Å²) in [6, 6.07) is 0.337. The van der Waals surface area contributed by atoms with E-state index in [0.717, 1.165) is 32.1 Å². The van der Waals surface area contributed by atoms with Crippen LogP contribution in [0, 0.1) is 0 Å². The predicted octanol–water partition coefficient (Wildman–Crippen LogP) is 2.57. The molecule has 14 heavy (non-hydrogen) atoms. The first-order chi connectivity index (χ1) is 6.70. The number of rotatable bonds is 2. The Balaban J connectivity index is 2.39. The Morgan fingerprint density at radius 2 is 2.07 bits per heavy atom. The zero-order valence-electron chi connectivity index (χ0n) is 8.88. The largest absolute Gasteiger partial charge is 0.350 e. The molecule has 1 rings (SSSR count). The topological polar surface area (TPSA) is 29.1 Å². The van der Waals surface area contributed by atoms with Crippen LogP contribution in [0.15, 0.2) is 24.3 Å². The molecule has 0 heterocycles. The third-order valence-corrected chi connectivity index (χ3v) is 2.49. The van der Waals surface area contributed by atoms with Crippen molar-refractivity contribution in [3.05, 3.63) is 24.3 Å². The smallest absolute Gasteiger partial charge is 0.246 e. The van der Waals surface area contributed by atoms with E-state index >= 15 is 0 Å². The predicted molar refractivity (Wildman–Crippen MR) is 59.0 cm³/mol. The van der Waals surface area contributed by atoms with Crippen molar-refractivity contribution < 1.29 is 4.79 Å². The number of hydrogen-bond acceptors (Lipinski definition) is 1. The first kappa shape index (κ1) is 11.0. The quantitative estimate of drug-likeness (QED) is 0.530. The summed E-state index contributed by atoms with van der Waals surface area (Å²) < 4.78 is 0. The van der Waals surface area contributed by atoms with Gasteiger partial charge in [0.15, 0.2) is 0 Å². The molecule has 2 nitrogen and oxygen atoms in total. The highest BCUT2D eigenvalue weighted by molar-refractivity contribution is 5.92. The lowest BCUT2D eigenvalue weighted by Gasteiger charge is -2.19. The molecule has 0 bridgehead atoms. The van der Waals surface area contributed by atoms with Gasteiger partial charge in [0.05, 0.1) is 0 Å². The van der Waals surface area contributed by atoms with Gasteiger partial charge in [-0.05, 0) is 39.0 Å². The van der Waals surface area contributed by atoms with Gasteiger partial charge < -0.3 is 5.32 Å². The van der Waals surface area contributed by atoms with Crippen LogP contribution < -0.4 is 5.32 Å². The fraction of sp³-hybridized carbons (Fsp3) is 0.583. The van der Waals surface area contributed by atoms with E-state index in [0.29, 0.717) is 11.6 Å². The molecule has 1 aliphatic rings. The van der Waals surface area contributed by atoms with Crippen molar-refractivity contribution in [3.8, 4) is 0 Å². The van der Waals surface area contributed by atoms with Crippen LogP contribution in [0.3, 0.4) is 0 Å². The highest BCUT2D eigenvalue weighted by Crippen LogP contribution is 2.12. The summed E-state index contributed by atoms with van der Waals surface area (Å²) in [6.07, 6.45) is 9.95. The maximum absolute atomic E-state index is 11.4. The molecule has 1 unspecified atom stereocenters. The monoisotopic (exact) mass is 193 g/mol. The number of allylic oxidation sites excluding steroid dienone is 2. The molecule has 0 fully saturated rings. The summed E-state index contributed by atoms with van der Waals surface area (Å²) in [4.78, 5) is 11.4. The minimum atomic E-state index is -0.000414. The van der Waals surface area contributed by atoms with E-state index < -0.39 is 0 Å². The molecule has 1 amide bonds. The van der Waals surface area contributed by atoms with Crippen molar-refractivity contribution in [3.63, 3.8) is 0 Å². The number of carbonyl (C=O) groups excluding carboxylic acids is 1. The molecule has 0 aromatic carbocycles. The number of nitrogens with one attached hydrogen (secondary N) is 1. The van der Waals surface area contributed by atoms with Gasteiger partial charge in [0.2, 0.25) is 5.91 Å². The molecular formula is C12H19NO. The third kappa shape index (κ3) is 3.77. The van der Waals surface area contributed by atoms with Gasteiger partial charge in [-0.15, -0.1) is 0 Å². The number of hydrogen-bond donors (Lipinski definition) is 1. The molecule has 0 saturated heterocycles. The van der Waals surface area contributed by atoms with E-state index in [-0.39, 0.29) is 5.91 Å². The Hall–Kier alpha value is -1.05. The van der Waals surface area contributed by atoms with Crippen molar-refractivity contribution >= 4 is 5.91 Å². The lowest BCUT2D eigenvalue weighted by Crippen LogP contribution is -2.35. The van der Waals surface area contributed by atoms with Crippen LogP contribution in [0.5, 0.6) is 0 Å². The van der Waals surface area contributed by atoms with Crippen LogP contribution in [0.1, 0.15) is 39.0 Å². The average Bonchev–Trinajstić information content (AvgIpc) is 2.08. The zero-order chi connectivity index (χ0) is 10.4. The minimum absolute atomic E-state index is 0.000414. The van der Waals surface area contributed by atoms with Crippen LogP contribution in [-0.4, -0.2) is 11.9 Å². The summed E-state index contributed by atoms with van der Waals surface area (Å²) in [5.41, 5.74) is 0.600. The maximum Gasteiger partial charge on any atom is 0.246 e. The van der Waals surface area contributed by atoms with Crippen molar-refractivity contribution in [1.29, 1.82) is 0 Å². The molecule has 2 heteroatoms. The van der Waals surface area contributed by atoms with Gasteiger partial charge in [0.1, 0.15) is 0 Å². The fourth-order valence-electron chi connectivity index (χ4n) is 1.61. The van der Waals surface area contributed by atoms with Gasteiger partial charge in [-0.2, -0.15) is 0 Å². The van der Waals surface area contributed by atoms with Crippen LogP contribution in [0.25, 0.3) is 0 Å². The summed E-state index contributed by atoms with van der Waals surface area (Å²) in [5.74, 6) is -0.000414.